The van der Waals surface area contributed by atoms with E-state index < -0.39 is 28.6 Å². The number of anilines is 1. The summed E-state index contributed by atoms with van der Waals surface area (Å²) in [4.78, 5) is 26.7. The van der Waals surface area contributed by atoms with Crippen molar-refractivity contribution in [1.29, 1.82) is 0 Å². The highest BCUT2D eigenvalue weighted by Crippen LogP contribution is 2.27. The number of amides is 1. The number of benzene rings is 2. The molecule has 2 aromatic carbocycles. The number of rotatable bonds is 8. The maximum atomic E-state index is 12.6. The monoisotopic (exact) mass is 442 g/mol. The minimum atomic E-state index is -3.89. The maximum Gasteiger partial charge on any atom is 0.324 e. The molecule has 1 N–H and O–H groups in total. The van der Waals surface area contributed by atoms with Crippen molar-refractivity contribution in [2.45, 2.75) is 26.3 Å². The van der Waals surface area contributed by atoms with E-state index >= 15 is 0 Å². The SMILES string of the molecule is CC(C)C(NS(=O)(=O)C=Cc1ccccc1)C(=O)OCC(=O)N1CCc2ccccc21. The van der Waals surface area contributed by atoms with Gasteiger partial charge in [-0.1, -0.05) is 62.4 Å². The first-order valence-electron chi connectivity index (χ1n) is 10.1. The average molecular weight is 443 g/mol. The van der Waals surface area contributed by atoms with Gasteiger partial charge < -0.3 is 9.64 Å². The number of esters is 1. The highest BCUT2D eigenvalue weighted by atomic mass is 32.2. The van der Waals surface area contributed by atoms with Crippen molar-refractivity contribution in [2.24, 2.45) is 5.92 Å². The fourth-order valence-corrected chi connectivity index (χ4v) is 4.44. The molecule has 0 bridgehead atoms. The molecule has 0 spiro atoms. The molecule has 1 unspecified atom stereocenters. The van der Waals surface area contributed by atoms with Crippen molar-refractivity contribution in [3.63, 3.8) is 0 Å². The van der Waals surface area contributed by atoms with Gasteiger partial charge in [0.05, 0.1) is 0 Å². The van der Waals surface area contributed by atoms with E-state index in [1.807, 2.05) is 30.3 Å². The van der Waals surface area contributed by atoms with Gasteiger partial charge >= 0.3 is 5.97 Å². The second-order valence-electron chi connectivity index (χ2n) is 7.63. The van der Waals surface area contributed by atoms with Gasteiger partial charge in [-0.2, -0.15) is 4.72 Å². The van der Waals surface area contributed by atoms with Crippen LogP contribution in [-0.4, -0.2) is 39.5 Å². The molecule has 2 aromatic rings. The van der Waals surface area contributed by atoms with Gasteiger partial charge in [-0.3, -0.25) is 9.59 Å². The molecule has 1 atom stereocenters. The van der Waals surface area contributed by atoms with Gasteiger partial charge in [0.2, 0.25) is 10.0 Å². The number of carbonyl (C=O) groups excluding carboxylic acids is 2. The number of hydrogen-bond donors (Lipinski definition) is 1. The second-order valence-corrected chi connectivity index (χ2v) is 9.23. The lowest BCUT2D eigenvalue weighted by atomic mass is 10.1. The van der Waals surface area contributed by atoms with Crippen LogP contribution in [0, 0.1) is 5.92 Å². The zero-order valence-corrected chi connectivity index (χ0v) is 18.3. The molecule has 1 aliphatic rings. The van der Waals surface area contributed by atoms with Gasteiger partial charge in [0.1, 0.15) is 6.04 Å². The molecule has 0 fully saturated rings. The summed E-state index contributed by atoms with van der Waals surface area (Å²) < 4.78 is 32.4. The number of nitrogens with one attached hydrogen (secondary N) is 1. The minimum Gasteiger partial charge on any atom is -0.454 e. The topological polar surface area (TPSA) is 92.8 Å². The predicted molar refractivity (Wildman–Crippen MR) is 120 cm³/mol. The third-order valence-electron chi connectivity index (χ3n) is 4.98. The van der Waals surface area contributed by atoms with Gasteiger partial charge in [0.15, 0.2) is 6.61 Å². The molecular weight excluding hydrogens is 416 g/mol. The van der Waals surface area contributed by atoms with Crippen LogP contribution in [0.2, 0.25) is 0 Å². The summed E-state index contributed by atoms with van der Waals surface area (Å²) >= 11 is 0. The van der Waals surface area contributed by atoms with Gasteiger partial charge in [-0.05, 0) is 35.6 Å². The van der Waals surface area contributed by atoms with Crippen molar-refractivity contribution in [1.82, 2.24) is 4.72 Å². The molecule has 0 aliphatic carbocycles. The minimum absolute atomic E-state index is 0.340. The van der Waals surface area contributed by atoms with Crippen molar-refractivity contribution < 1.29 is 22.7 Å². The van der Waals surface area contributed by atoms with E-state index in [-0.39, 0.29) is 11.8 Å². The molecule has 164 valence electrons. The van der Waals surface area contributed by atoms with E-state index in [0.717, 1.165) is 23.1 Å². The summed E-state index contributed by atoms with van der Waals surface area (Å²) in [6.07, 6.45) is 2.19. The van der Waals surface area contributed by atoms with Crippen LogP contribution < -0.4 is 9.62 Å². The number of ether oxygens (including phenoxy) is 1. The highest BCUT2D eigenvalue weighted by Gasteiger charge is 2.30. The van der Waals surface area contributed by atoms with E-state index in [2.05, 4.69) is 4.72 Å². The normalized spacial score (nSPS) is 14.6. The number of nitrogens with zero attached hydrogens (tertiary/aromatic N) is 1. The van der Waals surface area contributed by atoms with Crippen molar-refractivity contribution in [3.05, 3.63) is 71.1 Å². The lowest BCUT2D eigenvalue weighted by molar-refractivity contribution is -0.150. The summed E-state index contributed by atoms with van der Waals surface area (Å²) in [6.45, 7) is 3.49. The summed E-state index contributed by atoms with van der Waals surface area (Å²) in [5, 5.41) is 1.01. The van der Waals surface area contributed by atoms with E-state index in [0.29, 0.717) is 12.1 Å². The first-order chi connectivity index (χ1) is 14.8. The van der Waals surface area contributed by atoms with E-state index in [1.165, 1.54) is 6.08 Å². The van der Waals surface area contributed by atoms with Crippen LogP contribution >= 0.6 is 0 Å². The van der Waals surface area contributed by atoms with E-state index in [4.69, 9.17) is 4.74 Å². The number of carbonyl (C=O) groups is 2. The Labute approximate surface area is 182 Å². The van der Waals surface area contributed by atoms with Crippen molar-refractivity contribution >= 4 is 33.7 Å². The molecule has 0 radical (unpaired) electrons. The first-order valence-corrected chi connectivity index (χ1v) is 11.6. The van der Waals surface area contributed by atoms with Gasteiger partial charge in [0, 0.05) is 17.6 Å². The van der Waals surface area contributed by atoms with Crippen LogP contribution in [-0.2, 0) is 30.8 Å². The predicted octanol–water partition coefficient (Wildman–Crippen LogP) is 2.73. The zero-order valence-electron chi connectivity index (χ0n) is 17.5. The lowest BCUT2D eigenvalue weighted by Crippen LogP contribution is -2.45. The Hall–Kier alpha value is -2.97. The molecule has 8 heteroatoms. The lowest BCUT2D eigenvalue weighted by Gasteiger charge is -2.21. The molecule has 1 heterocycles. The molecule has 1 amide bonds. The third-order valence-corrected chi connectivity index (χ3v) is 6.05. The van der Waals surface area contributed by atoms with E-state index in [1.54, 1.807) is 43.0 Å². The molecule has 31 heavy (non-hydrogen) atoms. The summed E-state index contributed by atoms with van der Waals surface area (Å²) in [7, 11) is -3.89. The van der Waals surface area contributed by atoms with Crippen LogP contribution in [0.5, 0.6) is 0 Å². The summed E-state index contributed by atoms with van der Waals surface area (Å²) in [6, 6.07) is 15.4. The van der Waals surface area contributed by atoms with Crippen LogP contribution in [0.1, 0.15) is 25.0 Å². The van der Waals surface area contributed by atoms with Crippen LogP contribution in [0.15, 0.2) is 60.0 Å². The quantitative estimate of drug-likeness (QED) is 0.635. The highest BCUT2D eigenvalue weighted by molar-refractivity contribution is 7.92. The zero-order chi connectivity index (χ0) is 22.4. The Morgan fingerprint density at radius 3 is 2.48 bits per heavy atom. The first kappa shape index (κ1) is 22.7. The number of hydrogen-bond acceptors (Lipinski definition) is 5. The Balaban J connectivity index is 1.60. The maximum absolute atomic E-state index is 12.6. The van der Waals surface area contributed by atoms with E-state index in [9.17, 15) is 18.0 Å². The van der Waals surface area contributed by atoms with Gasteiger partial charge in [-0.15, -0.1) is 0 Å². The fraction of sp³-hybridized carbons (Fsp3) is 0.304. The molecule has 7 nitrogen and oxygen atoms in total. The molecule has 0 aromatic heterocycles. The Kier molecular flexibility index (Phi) is 7.25. The van der Waals surface area contributed by atoms with Gasteiger partial charge in [0.25, 0.3) is 5.91 Å². The van der Waals surface area contributed by atoms with Gasteiger partial charge in [-0.25, -0.2) is 8.42 Å². The molecule has 3 rings (SSSR count). The number of fused-ring (bicyclic) bond motifs is 1. The van der Waals surface area contributed by atoms with Crippen molar-refractivity contribution in [3.8, 4) is 0 Å². The largest absolute Gasteiger partial charge is 0.454 e. The standard InChI is InChI=1S/C23H26N2O5S/c1-17(2)22(24-31(28,29)15-13-18-8-4-3-5-9-18)23(27)30-16-21(26)25-14-12-19-10-6-7-11-20(19)25/h3-11,13,15,17,22,24H,12,14,16H2,1-2H3. The van der Waals surface area contributed by atoms with Crippen LogP contribution in [0.4, 0.5) is 5.69 Å². The summed E-state index contributed by atoms with van der Waals surface area (Å²) in [5.41, 5.74) is 2.60. The Bertz CT molecular complexity index is 1060. The number of sulfonamides is 1. The Morgan fingerprint density at radius 1 is 1.10 bits per heavy atom. The third kappa shape index (κ3) is 6.02. The van der Waals surface area contributed by atoms with Crippen LogP contribution in [0.3, 0.4) is 0 Å². The number of para-hydroxylation sites is 1. The molecular formula is C23H26N2O5S. The molecule has 1 aliphatic heterocycles. The van der Waals surface area contributed by atoms with Crippen molar-refractivity contribution in [2.75, 3.05) is 18.1 Å². The Morgan fingerprint density at radius 2 is 1.77 bits per heavy atom. The smallest absolute Gasteiger partial charge is 0.324 e. The second kappa shape index (κ2) is 9.89. The fourth-order valence-electron chi connectivity index (χ4n) is 3.30. The molecule has 0 saturated carbocycles. The van der Waals surface area contributed by atoms with Crippen LogP contribution in [0.25, 0.3) is 6.08 Å². The molecule has 0 saturated heterocycles. The average Bonchev–Trinajstić information content (AvgIpc) is 3.19. The summed E-state index contributed by atoms with van der Waals surface area (Å²) in [5.74, 6) is -1.49.